The fourth-order valence-electron chi connectivity index (χ4n) is 1.91. The highest BCUT2D eigenvalue weighted by molar-refractivity contribution is 7.16. The molecular weight excluding hydrogens is 258 g/mol. The van der Waals surface area contributed by atoms with E-state index >= 15 is 0 Å². The van der Waals surface area contributed by atoms with E-state index in [1.165, 1.54) is 4.88 Å². The third kappa shape index (κ3) is 4.30. The quantitative estimate of drug-likeness (QED) is 0.898. The van der Waals surface area contributed by atoms with Crippen LogP contribution in [0.4, 0.5) is 5.13 Å². The molecule has 5 heteroatoms. The number of hydrogen-bond donors (Lipinski definition) is 1. The lowest BCUT2D eigenvalue weighted by Crippen LogP contribution is -2.36. The zero-order valence-corrected chi connectivity index (χ0v) is 12.8. The molecule has 4 nitrogen and oxygen atoms in total. The van der Waals surface area contributed by atoms with Crippen molar-refractivity contribution in [3.05, 3.63) is 16.6 Å². The number of nitrogens with one attached hydrogen (secondary N) is 1. The highest BCUT2D eigenvalue weighted by Gasteiger charge is 2.15. The molecule has 0 saturated carbocycles. The summed E-state index contributed by atoms with van der Waals surface area (Å²) in [5.74, 6) is 0. The van der Waals surface area contributed by atoms with Gasteiger partial charge in [0.2, 0.25) is 0 Å². The van der Waals surface area contributed by atoms with Crippen molar-refractivity contribution in [3.8, 4) is 0 Å². The summed E-state index contributed by atoms with van der Waals surface area (Å²) < 4.78 is 5.37. The molecule has 0 spiro atoms. The molecule has 2 heterocycles. The van der Waals surface area contributed by atoms with Gasteiger partial charge in [-0.1, -0.05) is 31.3 Å². The summed E-state index contributed by atoms with van der Waals surface area (Å²) in [5, 5.41) is 4.50. The molecule has 19 heavy (non-hydrogen) atoms. The van der Waals surface area contributed by atoms with Gasteiger partial charge in [0.05, 0.1) is 23.8 Å². The molecule has 0 unspecified atom stereocenters. The van der Waals surface area contributed by atoms with E-state index in [-0.39, 0.29) is 0 Å². The van der Waals surface area contributed by atoms with Crippen LogP contribution in [0.5, 0.6) is 0 Å². The smallest absolute Gasteiger partial charge is 0.186 e. The average Bonchev–Trinajstić information content (AvgIpc) is 2.77. The Labute approximate surface area is 119 Å². The van der Waals surface area contributed by atoms with Crippen molar-refractivity contribution in [3.63, 3.8) is 0 Å². The van der Waals surface area contributed by atoms with Gasteiger partial charge in [-0.15, -0.1) is 0 Å². The van der Waals surface area contributed by atoms with Crippen LogP contribution in [0, 0.1) is 6.92 Å². The Kier molecular flexibility index (Phi) is 5.36. The molecule has 1 aliphatic heterocycles. The van der Waals surface area contributed by atoms with Crippen LogP contribution >= 0.6 is 11.3 Å². The third-order valence-corrected chi connectivity index (χ3v) is 4.20. The lowest BCUT2D eigenvalue weighted by Gasteiger charge is -2.25. The van der Waals surface area contributed by atoms with E-state index in [4.69, 9.17) is 4.74 Å². The lowest BCUT2D eigenvalue weighted by molar-refractivity contribution is 0.122. The van der Waals surface area contributed by atoms with Crippen molar-refractivity contribution >= 4 is 22.5 Å². The molecule has 1 aromatic heterocycles. The number of aryl methyl sites for hydroxylation is 1. The second-order valence-corrected chi connectivity index (χ2v) is 6.02. The van der Waals surface area contributed by atoms with Crippen molar-refractivity contribution in [1.82, 2.24) is 10.3 Å². The number of nitrogens with zero attached hydrogens (tertiary/aromatic N) is 2. The fraction of sp³-hybridized carbons (Fsp3) is 0.643. The fourth-order valence-corrected chi connectivity index (χ4v) is 2.96. The maximum Gasteiger partial charge on any atom is 0.186 e. The normalized spacial score (nSPS) is 16.7. The van der Waals surface area contributed by atoms with Crippen LogP contribution in [-0.2, 0) is 4.74 Å². The number of anilines is 1. The molecule has 1 fully saturated rings. The molecule has 2 rings (SSSR count). The Morgan fingerprint density at radius 3 is 2.84 bits per heavy atom. The Hall–Kier alpha value is -0.910. The van der Waals surface area contributed by atoms with Gasteiger partial charge in [-0.3, -0.25) is 0 Å². The summed E-state index contributed by atoms with van der Waals surface area (Å²) in [4.78, 5) is 8.23. The lowest BCUT2D eigenvalue weighted by atomic mass is 10.3. The second kappa shape index (κ2) is 7.03. The van der Waals surface area contributed by atoms with Gasteiger partial charge in [0.1, 0.15) is 0 Å². The Bertz CT molecular complexity index is 422. The minimum atomic E-state index is 0.524. The topological polar surface area (TPSA) is 37.4 Å². The molecule has 1 aliphatic rings. The van der Waals surface area contributed by atoms with E-state index in [2.05, 4.69) is 48.1 Å². The predicted octanol–water partition coefficient (Wildman–Crippen LogP) is 2.30. The molecule has 1 N–H and O–H groups in total. The number of morpholine rings is 1. The minimum Gasteiger partial charge on any atom is -0.378 e. The van der Waals surface area contributed by atoms with E-state index in [1.54, 1.807) is 11.3 Å². The number of hydrogen-bond acceptors (Lipinski definition) is 5. The molecule has 0 amide bonds. The van der Waals surface area contributed by atoms with Crippen LogP contribution in [0.15, 0.2) is 6.08 Å². The highest BCUT2D eigenvalue weighted by atomic mass is 32.1. The summed E-state index contributed by atoms with van der Waals surface area (Å²) in [5.41, 5.74) is 1.12. The van der Waals surface area contributed by atoms with Crippen molar-refractivity contribution in [1.29, 1.82) is 0 Å². The van der Waals surface area contributed by atoms with Gasteiger partial charge in [-0.2, -0.15) is 0 Å². The first-order valence-electron chi connectivity index (χ1n) is 6.87. The van der Waals surface area contributed by atoms with E-state index in [9.17, 15) is 0 Å². The maximum atomic E-state index is 5.37. The molecule has 0 radical (unpaired) electrons. The molecule has 0 aliphatic carbocycles. The van der Waals surface area contributed by atoms with Crippen LogP contribution in [-0.4, -0.2) is 43.9 Å². The predicted molar refractivity (Wildman–Crippen MR) is 82.1 cm³/mol. The zero-order valence-electron chi connectivity index (χ0n) is 12.0. The Morgan fingerprint density at radius 1 is 1.42 bits per heavy atom. The van der Waals surface area contributed by atoms with Crippen LogP contribution in [0.1, 0.15) is 24.4 Å². The first kappa shape index (κ1) is 14.5. The van der Waals surface area contributed by atoms with Gasteiger partial charge in [0.25, 0.3) is 0 Å². The van der Waals surface area contributed by atoms with Gasteiger partial charge in [0.15, 0.2) is 5.13 Å². The molecule has 1 saturated heterocycles. The number of rotatable bonds is 5. The standard InChI is InChI=1S/C14H23N3OS/c1-11(2)15-6-4-5-13-12(3)16-14(19-13)17-7-9-18-10-8-17/h4-5,11,15H,6-10H2,1-3H3. The van der Waals surface area contributed by atoms with Gasteiger partial charge in [-0.05, 0) is 13.0 Å². The van der Waals surface area contributed by atoms with E-state index in [0.29, 0.717) is 6.04 Å². The van der Waals surface area contributed by atoms with E-state index in [0.717, 1.165) is 43.7 Å². The SMILES string of the molecule is Cc1nc(N2CCOCC2)sc1C=CCNC(C)C. The third-order valence-electron chi connectivity index (χ3n) is 3.02. The average molecular weight is 281 g/mol. The summed E-state index contributed by atoms with van der Waals surface area (Å²) in [7, 11) is 0. The Morgan fingerprint density at radius 2 is 2.16 bits per heavy atom. The van der Waals surface area contributed by atoms with Crippen molar-refractivity contribution in [2.24, 2.45) is 0 Å². The molecule has 1 aromatic rings. The van der Waals surface area contributed by atoms with Gasteiger partial charge in [0, 0.05) is 25.7 Å². The summed E-state index contributed by atoms with van der Waals surface area (Å²) >= 11 is 1.77. The van der Waals surface area contributed by atoms with Gasteiger partial charge in [-0.25, -0.2) is 4.98 Å². The van der Waals surface area contributed by atoms with Crippen LogP contribution < -0.4 is 10.2 Å². The molecule has 0 atom stereocenters. The van der Waals surface area contributed by atoms with Crippen molar-refractivity contribution in [2.45, 2.75) is 26.8 Å². The summed E-state index contributed by atoms with van der Waals surface area (Å²) in [6, 6.07) is 0.524. The van der Waals surface area contributed by atoms with Crippen LogP contribution in [0.2, 0.25) is 0 Å². The largest absolute Gasteiger partial charge is 0.378 e. The molecule has 106 valence electrons. The number of thiazole rings is 1. The Balaban J connectivity index is 1.96. The zero-order chi connectivity index (χ0) is 13.7. The number of aromatic nitrogens is 1. The van der Waals surface area contributed by atoms with Gasteiger partial charge < -0.3 is 15.0 Å². The molecule has 0 aromatic carbocycles. The minimum absolute atomic E-state index is 0.524. The van der Waals surface area contributed by atoms with E-state index in [1.807, 2.05) is 0 Å². The maximum absolute atomic E-state index is 5.37. The first-order chi connectivity index (χ1) is 9.16. The second-order valence-electron chi connectivity index (χ2n) is 5.01. The number of ether oxygens (including phenoxy) is 1. The van der Waals surface area contributed by atoms with Crippen LogP contribution in [0.3, 0.4) is 0 Å². The van der Waals surface area contributed by atoms with E-state index < -0.39 is 0 Å². The summed E-state index contributed by atoms with van der Waals surface area (Å²) in [6.07, 6.45) is 4.34. The highest BCUT2D eigenvalue weighted by Crippen LogP contribution is 2.27. The van der Waals surface area contributed by atoms with Crippen molar-refractivity contribution < 1.29 is 4.74 Å². The summed E-state index contributed by atoms with van der Waals surface area (Å²) in [6.45, 7) is 10.8. The van der Waals surface area contributed by atoms with Crippen molar-refractivity contribution in [2.75, 3.05) is 37.7 Å². The van der Waals surface area contributed by atoms with Crippen LogP contribution in [0.25, 0.3) is 6.08 Å². The molecular formula is C14H23N3OS. The monoisotopic (exact) mass is 281 g/mol. The van der Waals surface area contributed by atoms with Gasteiger partial charge >= 0.3 is 0 Å². The first-order valence-corrected chi connectivity index (χ1v) is 7.68. The molecule has 0 bridgehead atoms.